The van der Waals surface area contributed by atoms with Gasteiger partial charge in [0, 0.05) is 5.39 Å². The van der Waals surface area contributed by atoms with Gasteiger partial charge in [-0.05, 0) is 29.7 Å². The Morgan fingerprint density at radius 2 is 1.72 bits per heavy atom. The van der Waals surface area contributed by atoms with Crippen LogP contribution in [0.5, 0.6) is 5.75 Å². The summed E-state index contributed by atoms with van der Waals surface area (Å²) in [7, 11) is 1.09. The third-order valence-electron chi connectivity index (χ3n) is 4.13. The van der Waals surface area contributed by atoms with E-state index in [-0.39, 0.29) is 11.3 Å². The third kappa shape index (κ3) is 4.66. The van der Waals surface area contributed by atoms with Crippen molar-refractivity contribution in [2.75, 3.05) is 19.0 Å². The zero-order chi connectivity index (χ0) is 21.0. The number of methoxy groups -OCH3 is 1. The molecule has 3 aromatic carbocycles. The largest absolute Gasteiger partial charge is 0.483 e. The molecule has 0 saturated carbocycles. The zero-order valence-corrected chi connectivity index (χ0v) is 15.2. The number of carbonyl (C=O) groups is 2. The summed E-state index contributed by atoms with van der Waals surface area (Å²) in [4.78, 5) is 24.1. The predicted octanol–water partition coefficient (Wildman–Crippen LogP) is 4.66. The number of benzene rings is 3. The molecule has 8 heteroatoms. The fourth-order valence-corrected chi connectivity index (χ4v) is 2.76. The summed E-state index contributed by atoms with van der Waals surface area (Å²) in [5, 5.41) is 3.99. The lowest BCUT2D eigenvalue weighted by Crippen LogP contribution is -2.22. The van der Waals surface area contributed by atoms with Gasteiger partial charge in [-0.3, -0.25) is 4.79 Å². The molecule has 0 bridgehead atoms. The van der Waals surface area contributed by atoms with E-state index in [9.17, 15) is 22.8 Å². The van der Waals surface area contributed by atoms with E-state index < -0.39 is 30.2 Å². The predicted molar refractivity (Wildman–Crippen MR) is 101 cm³/mol. The van der Waals surface area contributed by atoms with E-state index in [0.29, 0.717) is 11.8 Å². The average Bonchev–Trinajstić information content (AvgIpc) is 2.71. The molecule has 0 aliphatic carbocycles. The SMILES string of the molecule is COC(=O)c1ccc(C(F)(F)F)cc1NC(=O)COc1cccc2ccccc12. The fraction of sp³-hybridized carbons (Fsp3) is 0.143. The van der Waals surface area contributed by atoms with Gasteiger partial charge in [0.1, 0.15) is 5.75 Å². The molecular formula is C21H16F3NO4. The highest BCUT2D eigenvalue weighted by Crippen LogP contribution is 2.32. The van der Waals surface area contributed by atoms with E-state index in [4.69, 9.17) is 4.74 Å². The lowest BCUT2D eigenvalue weighted by molar-refractivity contribution is -0.137. The maximum Gasteiger partial charge on any atom is 0.416 e. The molecule has 0 aliphatic heterocycles. The number of ether oxygens (including phenoxy) is 2. The number of halogens is 3. The Morgan fingerprint density at radius 3 is 2.45 bits per heavy atom. The average molecular weight is 403 g/mol. The Balaban J connectivity index is 1.79. The second-order valence-corrected chi connectivity index (χ2v) is 6.06. The van der Waals surface area contributed by atoms with Crippen LogP contribution in [-0.2, 0) is 15.7 Å². The summed E-state index contributed by atoms with van der Waals surface area (Å²) >= 11 is 0. The number of rotatable bonds is 5. The first-order chi connectivity index (χ1) is 13.8. The summed E-state index contributed by atoms with van der Waals surface area (Å²) in [5.74, 6) is -1.14. The van der Waals surface area contributed by atoms with Crippen molar-refractivity contribution in [2.24, 2.45) is 0 Å². The second-order valence-electron chi connectivity index (χ2n) is 6.06. The topological polar surface area (TPSA) is 64.6 Å². The van der Waals surface area contributed by atoms with Crippen molar-refractivity contribution in [3.8, 4) is 5.75 Å². The zero-order valence-electron chi connectivity index (χ0n) is 15.2. The minimum Gasteiger partial charge on any atom is -0.483 e. The number of nitrogens with one attached hydrogen (secondary N) is 1. The van der Waals surface area contributed by atoms with Gasteiger partial charge in [-0.1, -0.05) is 36.4 Å². The number of hydrogen-bond donors (Lipinski definition) is 1. The van der Waals surface area contributed by atoms with E-state index in [0.717, 1.165) is 30.0 Å². The van der Waals surface area contributed by atoms with Crippen LogP contribution in [0.2, 0.25) is 0 Å². The minimum atomic E-state index is -4.63. The molecule has 0 aromatic heterocycles. The first-order valence-electron chi connectivity index (χ1n) is 8.49. The van der Waals surface area contributed by atoms with Crippen molar-refractivity contribution >= 4 is 28.3 Å². The number of amides is 1. The molecule has 0 radical (unpaired) electrons. The van der Waals surface area contributed by atoms with E-state index >= 15 is 0 Å². The number of anilines is 1. The first kappa shape index (κ1) is 20.2. The quantitative estimate of drug-likeness (QED) is 0.630. The Morgan fingerprint density at radius 1 is 1.00 bits per heavy atom. The Labute approximate surface area is 164 Å². The van der Waals surface area contributed by atoms with E-state index in [1.165, 1.54) is 0 Å². The minimum absolute atomic E-state index is 0.195. The first-order valence-corrected chi connectivity index (χ1v) is 8.49. The van der Waals surface area contributed by atoms with Crippen LogP contribution in [0.3, 0.4) is 0 Å². The summed E-state index contributed by atoms with van der Waals surface area (Å²) in [6.07, 6.45) is -4.63. The molecule has 150 valence electrons. The van der Waals surface area contributed by atoms with Gasteiger partial charge in [-0.15, -0.1) is 0 Å². The molecule has 0 heterocycles. The van der Waals surface area contributed by atoms with Crippen LogP contribution in [0.15, 0.2) is 60.7 Å². The monoisotopic (exact) mass is 403 g/mol. The van der Waals surface area contributed by atoms with Crippen LogP contribution in [0.25, 0.3) is 10.8 Å². The van der Waals surface area contributed by atoms with Gasteiger partial charge in [0.05, 0.1) is 23.9 Å². The third-order valence-corrected chi connectivity index (χ3v) is 4.13. The lowest BCUT2D eigenvalue weighted by atomic mass is 10.1. The number of alkyl halides is 3. The van der Waals surface area contributed by atoms with Crippen LogP contribution in [0.1, 0.15) is 15.9 Å². The fourth-order valence-electron chi connectivity index (χ4n) is 2.76. The molecule has 0 fully saturated rings. The van der Waals surface area contributed by atoms with Crippen LogP contribution in [-0.4, -0.2) is 25.6 Å². The van der Waals surface area contributed by atoms with E-state index in [1.807, 2.05) is 30.3 Å². The molecule has 1 amide bonds. The van der Waals surface area contributed by atoms with Gasteiger partial charge in [0.25, 0.3) is 5.91 Å². The molecule has 0 unspecified atom stereocenters. The van der Waals surface area contributed by atoms with Crippen molar-refractivity contribution < 1.29 is 32.2 Å². The Hall–Kier alpha value is -3.55. The number of fused-ring (bicyclic) bond motifs is 1. The second kappa shape index (κ2) is 8.22. The smallest absolute Gasteiger partial charge is 0.416 e. The number of hydrogen-bond acceptors (Lipinski definition) is 4. The maximum atomic E-state index is 13.0. The normalized spacial score (nSPS) is 11.2. The summed E-state index contributed by atoms with van der Waals surface area (Å²) in [6, 6.07) is 15.1. The van der Waals surface area contributed by atoms with Gasteiger partial charge < -0.3 is 14.8 Å². The molecule has 29 heavy (non-hydrogen) atoms. The number of esters is 1. The lowest BCUT2D eigenvalue weighted by Gasteiger charge is -2.14. The highest BCUT2D eigenvalue weighted by molar-refractivity contribution is 6.02. The molecule has 0 aliphatic rings. The molecule has 3 aromatic rings. The van der Waals surface area contributed by atoms with Gasteiger partial charge in [-0.2, -0.15) is 13.2 Å². The van der Waals surface area contributed by atoms with E-state index in [1.54, 1.807) is 12.1 Å². The summed E-state index contributed by atoms with van der Waals surface area (Å²) in [6.45, 7) is -0.454. The van der Waals surface area contributed by atoms with Crippen LogP contribution in [0.4, 0.5) is 18.9 Å². The van der Waals surface area contributed by atoms with Crippen molar-refractivity contribution in [1.82, 2.24) is 0 Å². The highest BCUT2D eigenvalue weighted by atomic mass is 19.4. The van der Waals surface area contributed by atoms with Crippen LogP contribution >= 0.6 is 0 Å². The van der Waals surface area contributed by atoms with E-state index in [2.05, 4.69) is 10.1 Å². The van der Waals surface area contributed by atoms with Gasteiger partial charge in [0.15, 0.2) is 6.61 Å². The Kier molecular flexibility index (Phi) is 5.72. The van der Waals surface area contributed by atoms with Crippen molar-refractivity contribution in [2.45, 2.75) is 6.18 Å². The summed E-state index contributed by atoms with van der Waals surface area (Å²) in [5.41, 5.74) is -1.51. The number of carbonyl (C=O) groups excluding carboxylic acids is 2. The summed E-state index contributed by atoms with van der Waals surface area (Å²) < 4.78 is 49.0. The van der Waals surface area contributed by atoms with Crippen LogP contribution in [0, 0.1) is 0 Å². The standard InChI is InChI=1S/C21H16F3NO4/c1-28-20(27)16-10-9-14(21(22,23)24)11-17(16)25-19(26)12-29-18-8-4-6-13-5-2-3-7-15(13)18/h2-11H,12H2,1H3,(H,25,26). The molecule has 5 nitrogen and oxygen atoms in total. The van der Waals surface area contributed by atoms with Crippen molar-refractivity contribution in [1.29, 1.82) is 0 Å². The molecule has 0 saturated heterocycles. The van der Waals surface area contributed by atoms with Crippen molar-refractivity contribution in [3.63, 3.8) is 0 Å². The highest BCUT2D eigenvalue weighted by Gasteiger charge is 2.32. The van der Waals surface area contributed by atoms with Gasteiger partial charge in [0.2, 0.25) is 0 Å². The van der Waals surface area contributed by atoms with Crippen LogP contribution < -0.4 is 10.1 Å². The molecule has 0 atom stereocenters. The molecule has 0 spiro atoms. The maximum absolute atomic E-state index is 13.0. The van der Waals surface area contributed by atoms with Gasteiger partial charge >= 0.3 is 12.1 Å². The van der Waals surface area contributed by atoms with Gasteiger partial charge in [-0.25, -0.2) is 4.79 Å². The molecular weight excluding hydrogens is 387 g/mol. The molecule has 3 rings (SSSR count). The van der Waals surface area contributed by atoms with Crippen molar-refractivity contribution in [3.05, 3.63) is 71.8 Å². The molecule has 1 N–H and O–H groups in total. The Bertz CT molecular complexity index is 1060.